The summed E-state index contributed by atoms with van der Waals surface area (Å²) < 4.78 is 12.4. The van der Waals surface area contributed by atoms with E-state index >= 15 is 0 Å². The number of aryl methyl sites for hydroxylation is 1. The molecule has 0 saturated carbocycles. The molecule has 0 saturated heterocycles. The maximum Gasteiger partial charge on any atom is 0.358 e. The number of hydrogen-bond acceptors (Lipinski definition) is 4. The van der Waals surface area contributed by atoms with Crippen LogP contribution in [0.3, 0.4) is 0 Å². The van der Waals surface area contributed by atoms with Gasteiger partial charge in [0.15, 0.2) is 5.69 Å². The van der Waals surface area contributed by atoms with Crippen molar-refractivity contribution in [3.8, 4) is 5.75 Å². The van der Waals surface area contributed by atoms with Crippen LogP contribution in [0.2, 0.25) is 5.02 Å². The Bertz CT molecular complexity index is 827. The van der Waals surface area contributed by atoms with E-state index in [1.165, 1.54) is 0 Å². The molecule has 0 aliphatic heterocycles. The number of rotatable bonds is 5. The van der Waals surface area contributed by atoms with Crippen LogP contribution < -0.4 is 4.74 Å². The van der Waals surface area contributed by atoms with Gasteiger partial charge < -0.3 is 13.9 Å². The van der Waals surface area contributed by atoms with Crippen LogP contribution in [-0.4, -0.2) is 28.6 Å². The Morgan fingerprint density at radius 2 is 2.00 bits per heavy atom. The van der Waals surface area contributed by atoms with Gasteiger partial charge in [-0.1, -0.05) is 11.6 Å². The van der Waals surface area contributed by atoms with Crippen LogP contribution in [0.25, 0.3) is 5.65 Å². The zero-order valence-electron chi connectivity index (χ0n) is 12.5. The van der Waals surface area contributed by atoms with Crippen molar-refractivity contribution < 1.29 is 14.3 Å². The van der Waals surface area contributed by atoms with Crippen LogP contribution in [0.15, 0.2) is 48.8 Å². The molecule has 0 fully saturated rings. The highest BCUT2D eigenvalue weighted by molar-refractivity contribution is 6.30. The van der Waals surface area contributed by atoms with Gasteiger partial charge in [-0.2, -0.15) is 0 Å². The fourth-order valence-electron chi connectivity index (χ4n) is 2.08. The SMILES string of the molecule is Cc1ccn2cc(C(=O)OCCOc3ccc(Cl)cc3)nc2c1. The van der Waals surface area contributed by atoms with E-state index in [0.29, 0.717) is 10.8 Å². The first-order valence-corrected chi connectivity index (χ1v) is 7.50. The van der Waals surface area contributed by atoms with Crippen LogP contribution in [0.1, 0.15) is 16.1 Å². The molecular formula is C17H15ClN2O3. The lowest BCUT2D eigenvalue weighted by atomic mass is 10.3. The molecule has 3 rings (SSSR count). The van der Waals surface area contributed by atoms with Crippen molar-refractivity contribution in [2.75, 3.05) is 13.2 Å². The maximum absolute atomic E-state index is 12.0. The zero-order chi connectivity index (χ0) is 16.2. The summed E-state index contributed by atoms with van der Waals surface area (Å²) in [6, 6.07) is 10.8. The zero-order valence-corrected chi connectivity index (χ0v) is 13.3. The first-order chi connectivity index (χ1) is 11.1. The monoisotopic (exact) mass is 330 g/mol. The van der Waals surface area contributed by atoms with Crippen molar-refractivity contribution in [3.63, 3.8) is 0 Å². The molecular weight excluding hydrogens is 316 g/mol. The van der Waals surface area contributed by atoms with Gasteiger partial charge in [-0.25, -0.2) is 9.78 Å². The molecule has 3 aromatic rings. The van der Waals surface area contributed by atoms with Gasteiger partial charge in [0, 0.05) is 17.4 Å². The molecule has 23 heavy (non-hydrogen) atoms. The Morgan fingerprint density at radius 1 is 1.22 bits per heavy atom. The van der Waals surface area contributed by atoms with E-state index in [1.54, 1.807) is 34.9 Å². The molecule has 0 N–H and O–H groups in total. The lowest BCUT2D eigenvalue weighted by Crippen LogP contribution is -2.12. The third-order valence-electron chi connectivity index (χ3n) is 3.22. The van der Waals surface area contributed by atoms with Crippen LogP contribution in [0.4, 0.5) is 0 Å². The molecule has 5 nitrogen and oxygen atoms in total. The van der Waals surface area contributed by atoms with Crippen LogP contribution in [-0.2, 0) is 4.74 Å². The van der Waals surface area contributed by atoms with Gasteiger partial charge in [-0.3, -0.25) is 0 Å². The van der Waals surface area contributed by atoms with Gasteiger partial charge in [-0.05, 0) is 48.9 Å². The fourth-order valence-corrected chi connectivity index (χ4v) is 2.21. The lowest BCUT2D eigenvalue weighted by Gasteiger charge is -2.06. The number of ether oxygens (including phenoxy) is 2. The first-order valence-electron chi connectivity index (χ1n) is 7.13. The highest BCUT2D eigenvalue weighted by Gasteiger charge is 2.12. The summed E-state index contributed by atoms with van der Waals surface area (Å²) in [6.45, 7) is 2.38. The number of fused-ring (bicyclic) bond motifs is 1. The van der Waals surface area contributed by atoms with Crippen molar-refractivity contribution in [2.45, 2.75) is 6.92 Å². The molecule has 0 unspecified atom stereocenters. The molecule has 2 aromatic heterocycles. The summed E-state index contributed by atoms with van der Waals surface area (Å²) in [5.74, 6) is 0.208. The Hall–Kier alpha value is -2.53. The molecule has 2 heterocycles. The normalized spacial score (nSPS) is 10.7. The predicted octanol–water partition coefficient (Wildman–Crippen LogP) is 3.53. The second-order valence-electron chi connectivity index (χ2n) is 5.03. The van der Waals surface area contributed by atoms with E-state index < -0.39 is 5.97 Å². The van der Waals surface area contributed by atoms with Gasteiger partial charge in [-0.15, -0.1) is 0 Å². The number of aromatic nitrogens is 2. The minimum atomic E-state index is -0.467. The van der Waals surface area contributed by atoms with Crippen molar-refractivity contribution in [2.24, 2.45) is 0 Å². The molecule has 0 aliphatic carbocycles. The topological polar surface area (TPSA) is 52.8 Å². The summed E-state index contributed by atoms with van der Waals surface area (Å²) >= 11 is 5.79. The molecule has 118 valence electrons. The van der Waals surface area contributed by atoms with Crippen molar-refractivity contribution in [3.05, 3.63) is 65.1 Å². The minimum Gasteiger partial charge on any atom is -0.490 e. The van der Waals surface area contributed by atoms with Gasteiger partial charge in [0.2, 0.25) is 0 Å². The standard InChI is InChI=1S/C17H15ClN2O3/c1-12-6-7-20-11-15(19-16(20)10-12)17(21)23-9-8-22-14-4-2-13(18)3-5-14/h2-7,10-11H,8-9H2,1H3. The average Bonchev–Trinajstić information content (AvgIpc) is 2.96. The van der Waals surface area contributed by atoms with Crippen molar-refractivity contribution in [1.29, 1.82) is 0 Å². The Balaban J connectivity index is 1.53. The molecule has 1 aromatic carbocycles. The molecule has 0 bridgehead atoms. The van der Waals surface area contributed by atoms with E-state index in [9.17, 15) is 4.79 Å². The summed E-state index contributed by atoms with van der Waals surface area (Å²) in [5, 5.41) is 0.644. The maximum atomic E-state index is 12.0. The van der Waals surface area contributed by atoms with Crippen LogP contribution in [0, 0.1) is 6.92 Å². The van der Waals surface area contributed by atoms with Gasteiger partial charge >= 0.3 is 5.97 Å². The predicted molar refractivity (Wildman–Crippen MR) is 87.2 cm³/mol. The van der Waals surface area contributed by atoms with Crippen molar-refractivity contribution in [1.82, 2.24) is 9.38 Å². The average molecular weight is 331 g/mol. The van der Waals surface area contributed by atoms with E-state index in [4.69, 9.17) is 21.1 Å². The van der Waals surface area contributed by atoms with E-state index in [1.807, 2.05) is 25.3 Å². The molecule has 0 spiro atoms. The third kappa shape index (κ3) is 3.81. The number of esters is 1. The minimum absolute atomic E-state index is 0.147. The summed E-state index contributed by atoms with van der Waals surface area (Å²) in [7, 11) is 0. The highest BCUT2D eigenvalue weighted by atomic mass is 35.5. The van der Waals surface area contributed by atoms with E-state index in [2.05, 4.69) is 4.98 Å². The number of imidazole rings is 1. The Morgan fingerprint density at radius 3 is 2.78 bits per heavy atom. The molecule has 0 radical (unpaired) electrons. The summed E-state index contributed by atoms with van der Waals surface area (Å²) in [6.07, 6.45) is 3.51. The lowest BCUT2D eigenvalue weighted by molar-refractivity contribution is 0.0444. The number of carbonyl (C=O) groups is 1. The highest BCUT2D eigenvalue weighted by Crippen LogP contribution is 2.15. The first kappa shape index (κ1) is 15.4. The molecule has 6 heteroatoms. The summed E-state index contributed by atoms with van der Waals surface area (Å²) in [5.41, 5.74) is 2.08. The van der Waals surface area contributed by atoms with Crippen LogP contribution in [0.5, 0.6) is 5.75 Å². The number of carbonyl (C=O) groups excluding carboxylic acids is 1. The molecule has 0 aliphatic rings. The van der Waals surface area contributed by atoms with E-state index in [-0.39, 0.29) is 18.9 Å². The van der Waals surface area contributed by atoms with Crippen molar-refractivity contribution >= 4 is 23.2 Å². The van der Waals surface area contributed by atoms with Gasteiger partial charge in [0.1, 0.15) is 24.6 Å². The number of pyridine rings is 1. The molecule has 0 amide bonds. The number of hydrogen-bond donors (Lipinski definition) is 0. The number of halogens is 1. The van der Waals surface area contributed by atoms with E-state index in [0.717, 1.165) is 11.2 Å². The third-order valence-corrected chi connectivity index (χ3v) is 3.48. The quantitative estimate of drug-likeness (QED) is 0.530. The van der Waals surface area contributed by atoms with Gasteiger partial charge in [0.25, 0.3) is 0 Å². The Labute approximate surface area is 138 Å². The second-order valence-corrected chi connectivity index (χ2v) is 5.47. The second kappa shape index (κ2) is 6.71. The van der Waals surface area contributed by atoms with Crippen LogP contribution >= 0.6 is 11.6 Å². The smallest absolute Gasteiger partial charge is 0.358 e. The summed E-state index contributed by atoms with van der Waals surface area (Å²) in [4.78, 5) is 16.2. The Kier molecular flexibility index (Phi) is 4.48. The number of nitrogens with zero attached hydrogens (tertiary/aromatic N) is 2. The molecule has 0 atom stereocenters. The van der Waals surface area contributed by atoms with Gasteiger partial charge in [0.05, 0.1) is 0 Å². The fraction of sp³-hybridized carbons (Fsp3) is 0.176. The number of benzene rings is 1. The largest absolute Gasteiger partial charge is 0.490 e.